The van der Waals surface area contributed by atoms with Crippen LogP contribution in [0.5, 0.6) is 0 Å². The van der Waals surface area contributed by atoms with Crippen LogP contribution in [0.1, 0.15) is 13.8 Å². The van der Waals surface area contributed by atoms with Crippen molar-refractivity contribution in [1.82, 2.24) is 9.91 Å². The first-order valence-electron chi connectivity index (χ1n) is 3.49. The summed E-state index contributed by atoms with van der Waals surface area (Å²) in [6.07, 6.45) is 0. The smallest absolute Gasteiger partial charge is 0.322 e. The predicted octanol–water partition coefficient (Wildman–Crippen LogP) is 0.00610. The number of urea groups is 1. The van der Waals surface area contributed by atoms with Crippen molar-refractivity contribution in [2.24, 2.45) is 5.84 Å². The Hall–Kier alpha value is -0.770. The Kier molecular flexibility index (Phi) is 1.80. The fraction of sp³-hybridized carbons (Fsp3) is 0.833. The van der Waals surface area contributed by atoms with Gasteiger partial charge in [0.05, 0.1) is 6.04 Å². The van der Waals surface area contributed by atoms with Crippen molar-refractivity contribution in [3.8, 4) is 0 Å². The summed E-state index contributed by atoms with van der Waals surface area (Å²) in [6, 6.07) is 0.0995. The zero-order valence-corrected chi connectivity index (χ0v) is 6.37. The van der Waals surface area contributed by atoms with Gasteiger partial charge >= 0.3 is 6.03 Å². The third-order valence-corrected chi connectivity index (χ3v) is 1.83. The molecule has 1 fully saturated rings. The average molecular weight is 143 g/mol. The van der Waals surface area contributed by atoms with Crippen LogP contribution in [0.15, 0.2) is 0 Å². The SMILES string of the molecule is CCN1CC(C)N(N)C1=O. The zero-order chi connectivity index (χ0) is 7.72. The molecule has 1 heterocycles. The van der Waals surface area contributed by atoms with Gasteiger partial charge in [0.15, 0.2) is 0 Å². The van der Waals surface area contributed by atoms with Gasteiger partial charge in [0.25, 0.3) is 0 Å². The fourth-order valence-electron chi connectivity index (χ4n) is 1.10. The normalized spacial score (nSPS) is 26.3. The number of hydrogen-bond donors (Lipinski definition) is 1. The molecule has 1 aliphatic heterocycles. The first-order valence-corrected chi connectivity index (χ1v) is 3.49. The molecule has 2 N–H and O–H groups in total. The van der Waals surface area contributed by atoms with E-state index in [1.54, 1.807) is 4.90 Å². The highest BCUT2D eigenvalue weighted by Gasteiger charge is 2.30. The Morgan fingerprint density at radius 2 is 2.40 bits per heavy atom. The minimum absolute atomic E-state index is 0.0602. The van der Waals surface area contributed by atoms with E-state index in [4.69, 9.17) is 5.84 Å². The van der Waals surface area contributed by atoms with Gasteiger partial charge in [0.1, 0.15) is 0 Å². The number of nitrogens with zero attached hydrogens (tertiary/aromatic N) is 2. The molecule has 10 heavy (non-hydrogen) atoms. The Labute approximate surface area is 60.5 Å². The summed E-state index contributed by atoms with van der Waals surface area (Å²) < 4.78 is 0. The van der Waals surface area contributed by atoms with E-state index in [0.29, 0.717) is 0 Å². The molecule has 1 aliphatic rings. The van der Waals surface area contributed by atoms with E-state index in [1.807, 2.05) is 13.8 Å². The molecule has 58 valence electrons. The molecule has 0 aromatic carbocycles. The molecule has 1 saturated heterocycles. The summed E-state index contributed by atoms with van der Waals surface area (Å²) in [5, 5.41) is 1.28. The van der Waals surface area contributed by atoms with Crippen molar-refractivity contribution < 1.29 is 4.79 Å². The molecule has 4 heteroatoms. The molecular formula is C6H13N3O. The van der Waals surface area contributed by atoms with Crippen LogP contribution in [0.4, 0.5) is 4.79 Å². The summed E-state index contributed by atoms with van der Waals surface area (Å²) in [5.74, 6) is 5.43. The molecule has 0 spiro atoms. The van der Waals surface area contributed by atoms with Crippen LogP contribution >= 0.6 is 0 Å². The van der Waals surface area contributed by atoms with Crippen LogP contribution in [0, 0.1) is 0 Å². The standard InChI is InChI=1S/C6H13N3O/c1-3-8-4-5(2)9(7)6(8)10/h5H,3-4,7H2,1-2H3. The Morgan fingerprint density at radius 1 is 1.80 bits per heavy atom. The third kappa shape index (κ3) is 0.945. The summed E-state index contributed by atoms with van der Waals surface area (Å²) in [7, 11) is 0. The molecule has 1 atom stereocenters. The molecule has 1 unspecified atom stereocenters. The van der Waals surface area contributed by atoms with Crippen LogP contribution in [0.25, 0.3) is 0 Å². The number of rotatable bonds is 1. The van der Waals surface area contributed by atoms with Gasteiger partial charge in [-0.2, -0.15) is 0 Å². The minimum atomic E-state index is -0.0602. The van der Waals surface area contributed by atoms with Gasteiger partial charge < -0.3 is 4.90 Å². The molecule has 0 radical (unpaired) electrons. The van der Waals surface area contributed by atoms with Crippen molar-refractivity contribution >= 4 is 6.03 Å². The quantitative estimate of drug-likeness (QED) is 0.415. The van der Waals surface area contributed by atoms with E-state index >= 15 is 0 Å². The molecule has 0 bridgehead atoms. The molecule has 0 aromatic heterocycles. The molecule has 0 saturated carbocycles. The summed E-state index contributed by atoms with van der Waals surface area (Å²) in [6.45, 7) is 5.39. The van der Waals surface area contributed by atoms with Crippen LogP contribution in [0.3, 0.4) is 0 Å². The van der Waals surface area contributed by atoms with Crippen molar-refractivity contribution in [2.75, 3.05) is 13.1 Å². The van der Waals surface area contributed by atoms with Gasteiger partial charge in [-0.3, -0.25) is 5.01 Å². The lowest BCUT2D eigenvalue weighted by molar-refractivity contribution is 0.190. The Balaban J connectivity index is 2.62. The zero-order valence-electron chi connectivity index (χ0n) is 6.37. The lowest BCUT2D eigenvalue weighted by Gasteiger charge is -2.12. The third-order valence-electron chi connectivity index (χ3n) is 1.83. The van der Waals surface area contributed by atoms with Gasteiger partial charge in [0, 0.05) is 13.1 Å². The average Bonchev–Trinajstić information content (AvgIpc) is 2.17. The van der Waals surface area contributed by atoms with Crippen LogP contribution in [0.2, 0.25) is 0 Å². The molecule has 2 amide bonds. The van der Waals surface area contributed by atoms with Crippen LogP contribution < -0.4 is 5.84 Å². The number of nitrogens with two attached hydrogens (primary N) is 1. The molecule has 4 nitrogen and oxygen atoms in total. The van der Waals surface area contributed by atoms with Crippen molar-refractivity contribution in [2.45, 2.75) is 19.9 Å². The first-order chi connectivity index (χ1) is 4.66. The monoisotopic (exact) mass is 143 g/mol. The number of hydrazine groups is 1. The van der Waals surface area contributed by atoms with Crippen LogP contribution in [-0.2, 0) is 0 Å². The maximum Gasteiger partial charge on any atom is 0.334 e. The highest BCUT2D eigenvalue weighted by atomic mass is 16.2. The second kappa shape index (κ2) is 2.46. The number of carbonyl (C=O) groups excluding carboxylic acids is 1. The lowest BCUT2D eigenvalue weighted by Crippen LogP contribution is -2.39. The van der Waals surface area contributed by atoms with E-state index in [2.05, 4.69) is 0 Å². The second-order valence-corrected chi connectivity index (χ2v) is 2.58. The fourth-order valence-corrected chi connectivity index (χ4v) is 1.10. The maximum absolute atomic E-state index is 11.1. The van der Waals surface area contributed by atoms with E-state index in [1.165, 1.54) is 5.01 Å². The van der Waals surface area contributed by atoms with E-state index in [9.17, 15) is 4.79 Å². The van der Waals surface area contributed by atoms with E-state index in [-0.39, 0.29) is 12.1 Å². The molecular weight excluding hydrogens is 130 g/mol. The lowest BCUT2D eigenvalue weighted by atomic mass is 10.3. The number of likely N-dealkylation sites (N-methyl/N-ethyl adjacent to an activating group) is 1. The van der Waals surface area contributed by atoms with Gasteiger partial charge in [-0.15, -0.1) is 0 Å². The number of carbonyl (C=O) groups is 1. The highest BCUT2D eigenvalue weighted by Crippen LogP contribution is 2.09. The summed E-state index contributed by atoms with van der Waals surface area (Å²) >= 11 is 0. The highest BCUT2D eigenvalue weighted by molar-refractivity contribution is 5.76. The predicted molar refractivity (Wildman–Crippen MR) is 38.1 cm³/mol. The minimum Gasteiger partial charge on any atom is -0.322 e. The number of amides is 2. The Morgan fingerprint density at radius 3 is 2.60 bits per heavy atom. The topological polar surface area (TPSA) is 49.6 Å². The molecule has 1 rings (SSSR count). The van der Waals surface area contributed by atoms with E-state index < -0.39 is 0 Å². The number of hydrogen-bond acceptors (Lipinski definition) is 2. The van der Waals surface area contributed by atoms with Crippen LogP contribution in [-0.4, -0.2) is 35.1 Å². The summed E-state index contributed by atoms with van der Waals surface area (Å²) in [4.78, 5) is 12.8. The second-order valence-electron chi connectivity index (χ2n) is 2.58. The molecule has 0 aromatic rings. The van der Waals surface area contributed by atoms with E-state index in [0.717, 1.165) is 13.1 Å². The van der Waals surface area contributed by atoms with Crippen molar-refractivity contribution in [3.63, 3.8) is 0 Å². The molecule has 0 aliphatic carbocycles. The van der Waals surface area contributed by atoms with Gasteiger partial charge in [-0.05, 0) is 13.8 Å². The largest absolute Gasteiger partial charge is 0.334 e. The Bertz CT molecular complexity index is 148. The first kappa shape index (κ1) is 7.34. The van der Waals surface area contributed by atoms with Gasteiger partial charge in [0.2, 0.25) is 0 Å². The van der Waals surface area contributed by atoms with Crippen molar-refractivity contribution in [3.05, 3.63) is 0 Å². The van der Waals surface area contributed by atoms with Gasteiger partial charge in [-0.1, -0.05) is 0 Å². The summed E-state index contributed by atoms with van der Waals surface area (Å²) in [5.41, 5.74) is 0. The van der Waals surface area contributed by atoms with Gasteiger partial charge in [-0.25, -0.2) is 10.6 Å². The maximum atomic E-state index is 11.1. The van der Waals surface area contributed by atoms with Crippen molar-refractivity contribution in [1.29, 1.82) is 0 Å².